The van der Waals surface area contributed by atoms with E-state index >= 15 is 0 Å². The Kier molecular flexibility index (Phi) is 6.57. The van der Waals surface area contributed by atoms with Gasteiger partial charge in [-0.15, -0.1) is 0 Å². The Hall–Kier alpha value is -3.25. The number of morpholine rings is 1. The average molecular weight is 394 g/mol. The molecule has 1 saturated heterocycles. The van der Waals surface area contributed by atoms with E-state index in [1.165, 1.54) is 0 Å². The largest absolute Gasteiger partial charge is 0.394 e. The first-order valence-corrected chi connectivity index (χ1v) is 9.21. The van der Waals surface area contributed by atoms with E-state index in [1.54, 1.807) is 53.4 Å². The molecular weight excluding hydrogens is 372 g/mol. The van der Waals surface area contributed by atoms with Gasteiger partial charge in [0.2, 0.25) is 5.91 Å². The number of hydrogen-bond donors (Lipinski definition) is 3. The van der Waals surface area contributed by atoms with Crippen molar-refractivity contribution in [2.75, 3.05) is 31.6 Å². The fourth-order valence-electron chi connectivity index (χ4n) is 3.30. The van der Waals surface area contributed by atoms with Crippen LogP contribution in [0.3, 0.4) is 0 Å². The van der Waals surface area contributed by atoms with Gasteiger partial charge in [0.1, 0.15) is 12.7 Å². The fraction of sp³-hybridized carbons (Fsp3) is 0.286. The number of carbonyl (C=O) groups is 2. The van der Waals surface area contributed by atoms with Crippen LogP contribution in [0.4, 0.5) is 5.69 Å². The summed E-state index contributed by atoms with van der Waals surface area (Å²) >= 11 is 0. The van der Waals surface area contributed by atoms with Crippen molar-refractivity contribution in [2.24, 2.45) is 5.73 Å². The molecule has 4 N–H and O–H groups in total. The summed E-state index contributed by atoms with van der Waals surface area (Å²) in [4.78, 5) is 25.9. The van der Waals surface area contributed by atoms with Crippen molar-refractivity contribution in [1.29, 1.82) is 5.26 Å². The van der Waals surface area contributed by atoms with Gasteiger partial charge in [0, 0.05) is 24.3 Å². The Morgan fingerprint density at radius 1 is 1.24 bits per heavy atom. The maximum atomic E-state index is 12.3. The molecule has 29 heavy (non-hydrogen) atoms. The van der Waals surface area contributed by atoms with Gasteiger partial charge < -0.3 is 25.8 Å². The number of anilines is 1. The molecule has 2 aromatic carbocycles. The molecule has 2 aromatic rings. The highest BCUT2D eigenvalue weighted by Crippen LogP contribution is 2.29. The van der Waals surface area contributed by atoms with Crippen LogP contribution in [-0.4, -0.2) is 54.2 Å². The first kappa shape index (κ1) is 20.5. The summed E-state index contributed by atoms with van der Waals surface area (Å²) in [6.45, 7) is 0.337. The fourth-order valence-corrected chi connectivity index (χ4v) is 3.30. The normalized spacial score (nSPS) is 18.9. The van der Waals surface area contributed by atoms with Gasteiger partial charge >= 0.3 is 0 Å². The Balaban J connectivity index is 1.71. The maximum Gasteiger partial charge on any atom is 0.255 e. The molecular formula is C21H22N4O4. The lowest BCUT2D eigenvalue weighted by atomic mass is 9.99. The van der Waals surface area contributed by atoms with Crippen molar-refractivity contribution in [3.05, 3.63) is 65.2 Å². The Morgan fingerprint density at radius 2 is 1.93 bits per heavy atom. The molecule has 0 aromatic heterocycles. The van der Waals surface area contributed by atoms with Crippen molar-refractivity contribution in [2.45, 2.75) is 12.1 Å². The number of rotatable bonds is 6. The van der Waals surface area contributed by atoms with Crippen molar-refractivity contribution >= 4 is 17.5 Å². The minimum Gasteiger partial charge on any atom is -0.394 e. The van der Waals surface area contributed by atoms with E-state index < -0.39 is 12.1 Å². The molecule has 1 aliphatic heterocycles. The zero-order valence-corrected chi connectivity index (χ0v) is 15.7. The van der Waals surface area contributed by atoms with Crippen molar-refractivity contribution in [3.63, 3.8) is 0 Å². The third kappa shape index (κ3) is 4.60. The Bertz CT molecular complexity index is 906. The highest BCUT2D eigenvalue weighted by molar-refractivity contribution is 6.04. The van der Waals surface area contributed by atoms with E-state index in [-0.39, 0.29) is 25.0 Å². The van der Waals surface area contributed by atoms with Gasteiger partial charge in [0.15, 0.2) is 0 Å². The van der Waals surface area contributed by atoms with E-state index in [1.807, 2.05) is 6.07 Å². The number of aliphatic hydroxyl groups is 1. The second kappa shape index (κ2) is 9.30. The van der Waals surface area contributed by atoms with Gasteiger partial charge in [0.25, 0.3) is 5.91 Å². The molecule has 150 valence electrons. The van der Waals surface area contributed by atoms with Crippen LogP contribution < -0.4 is 11.1 Å². The monoisotopic (exact) mass is 394 g/mol. The molecule has 0 unspecified atom stereocenters. The lowest BCUT2D eigenvalue weighted by molar-refractivity contribution is -0.160. The highest BCUT2D eigenvalue weighted by atomic mass is 16.5. The standard InChI is InChI=1S/C21H22N4O4/c22-9-10-25-18(12-26)20(29-13-19(25)27)15-5-7-17(8-6-15)24-21(28)16-3-1-14(11-23)2-4-16/h1-8,18,20,26H,9-10,12-13,22H2,(H,24,28)/t18-,20-/m1/s1. The number of benzene rings is 2. The number of ether oxygens (including phenoxy) is 1. The van der Waals surface area contributed by atoms with Gasteiger partial charge in [-0.25, -0.2) is 0 Å². The predicted molar refractivity (Wildman–Crippen MR) is 106 cm³/mol. The molecule has 0 spiro atoms. The van der Waals surface area contributed by atoms with Crippen LogP contribution in [0.25, 0.3) is 0 Å². The molecule has 8 nitrogen and oxygen atoms in total. The van der Waals surface area contributed by atoms with E-state index in [4.69, 9.17) is 15.7 Å². The summed E-state index contributed by atoms with van der Waals surface area (Å²) in [7, 11) is 0. The lowest BCUT2D eigenvalue weighted by Gasteiger charge is -2.40. The van der Waals surface area contributed by atoms with Gasteiger partial charge in [0.05, 0.1) is 24.3 Å². The van der Waals surface area contributed by atoms with E-state index in [9.17, 15) is 14.7 Å². The van der Waals surface area contributed by atoms with Gasteiger partial charge in [-0.3, -0.25) is 9.59 Å². The summed E-state index contributed by atoms with van der Waals surface area (Å²) in [5.41, 5.74) is 7.89. The molecule has 0 radical (unpaired) electrons. The zero-order chi connectivity index (χ0) is 20.8. The number of aliphatic hydroxyl groups excluding tert-OH is 1. The van der Waals surface area contributed by atoms with Crippen molar-refractivity contribution in [3.8, 4) is 6.07 Å². The second-order valence-corrected chi connectivity index (χ2v) is 6.62. The topological polar surface area (TPSA) is 129 Å². The molecule has 0 saturated carbocycles. The number of nitrogens with zero attached hydrogens (tertiary/aromatic N) is 2. The van der Waals surface area contributed by atoms with E-state index in [2.05, 4.69) is 5.32 Å². The molecule has 2 atom stereocenters. The van der Waals surface area contributed by atoms with E-state index in [0.717, 1.165) is 5.56 Å². The van der Waals surface area contributed by atoms with Crippen LogP contribution in [0.1, 0.15) is 27.6 Å². The lowest BCUT2D eigenvalue weighted by Crippen LogP contribution is -2.54. The van der Waals surface area contributed by atoms with Crippen molar-refractivity contribution in [1.82, 2.24) is 4.90 Å². The number of nitrogens with two attached hydrogens (primary N) is 1. The van der Waals surface area contributed by atoms with Crippen LogP contribution >= 0.6 is 0 Å². The molecule has 8 heteroatoms. The molecule has 1 fully saturated rings. The van der Waals surface area contributed by atoms with E-state index in [0.29, 0.717) is 29.9 Å². The maximum absolute atomic E-state index is 12.3. The third-order valence-electron chi connectivity index (χ3n) is 4.79. The molecule has 2 amide bonds. The van der Waals surface area contributed by atoms with Crippen molar-refractivity contribution < 1.29 is 19.4 Å². The minimum atomic E-state index is -0.515. The third-order valence-corrected chi connectivity index (χ3v) is 4.79. The highest BCUT2D eigenvalue weighted by Gasteiger charge is 2.36. The number of nitrogens with one attached hydrogen (secondary N) is 1. The van der Waals surface area contributed by atoms with Crippen LogP contribution in [0.2, 0.25) is 0 Å². The number of nitriles is 1. The number of hydrogen-bond acceptors (Lipinski definition) is 6. The molecule has 0 bridgehead atoms. The Labute approximate surface area is 168 Å². The van der Waals surface area contributed by atoms with Gasteiger partial charge in [-0.2, -0.15) is 5.26 Å². The number of amides is 2. The smallest absolute Gasteiger partial charge is 0.255 e. The molecule has 0 aliphatic carbocycles. The first-order valence-electron chi connectivity index (χ1n) is 9.21. The summed E-state index contributed by atoms with van der Waals surface area (Å²) in [6, 6.07) is 14.9. The molecule has 3 rings (SSSR count). The minimum absolute atomic E-state index is 0.0711. The van der Waals surface area contributed by atoms with Crippen LogP contribution in [0.5, 0.6) is 0 Å². The zero-order valence-electron chi connectivity index (χ0n) is 15.7. The summed E-state index contributed by atoms with van der Waals surface area (Å²) < 4.78 is 5.66. The number of carbonyl (C=O) groups excluding carboxylic acids is 2. The van der Waals surface area contributed by atoms with Crippen LogP contribution in [0, 0.1) is 11.3 Å². The average Bonchev–Trinajstić information content (AvgIpc) is 2.76. The quantitative estimate of drug-likeness (QED) is 0.671. The summed E-state index contributed by atoms with van der Waals surface area (Å²) in [6.07, 6.45) is -0.479. The molecule has 1 aliphatic rings. The van der Waals surface area contributed by atoms with Gasteiger partial charge in [-0.05, 0) is 42.0 Å². The van der Waals surface area contributed by atoms with Crippen LogP contribution in [-0.2, 0) is 9.53 Å². The molecule has 1 heterocycles. The van der Waals surface area contributed by atoms with Crippen LogP contribution in [0.15, 0.2) is 48.5 Å². The van der Waals surface area contributed by atoms with Gasteiger partial charge in [-0.1, -0.05) is 12.1 Å². The SMILES string of the molecule is N#Cc1ccc(C(=O)Nc2ccc([C@H]3OCC(=O)N(CCN)[C@@H]3CO)cc2)cc1. The first-order chi connectivity index (χ1) is 14.1. The Morgan fingerprint density at radius 3 is 2.52 bits per heavy atom. The summed E-state index contributed by atoms with van der Waals surface area (Å²) in [5, 5.41) is 21.4. The predicted octanol–water partition coefficient (Wildman–Crippen LogP) is 1.03. The summed E-state index contributed by atoms with van der Waals surface area (Å²) in [5.74, 6) is -0.485. The second-order valence-electron chi connectivity index (χ2n) is 6.62.